The molecule has 0 saturated heterocycles. The van der Waals surface area contributed by atoms with E-state index in [0.717, 1.165) is 5.69 Å². The van der Waals surface area contributed by atoms with E-state index >= 15 is 0 Å². The highest BCUT2D eigenvalue weighted by Crippen LogP contribution is 2.09. The smallest absolute Gasteiger partial charge is 0.259 e. The number of hydrogen-bond acceptors (Lipinski definition) is 5. The number of pyridine rings is 1. The molecule has 2 aromatic rings. The zero-order valence-corrected chi connectivity index (χ0v) is 13.0. The van der Waals surface area contributed by atoms with Crippen molar-refractivity contribution in [2.24, 2.45) is 7.05 Å². The first kappa shape index (κ1) is 15.5. The third-order valence-electron chi connectivity index (χ3n) is 3.03. The lowest BCUT2D eigenvalue weighted by molar-refractivity contribution is 0.396. The molecule has 0 saturated carbocycles. The Morgan fingerprint density at radius 3 is 2.71 bits per heavy atom. The first-order valence-electron chi connectivity index (χ1n) is 6.42. The van der Waals surface area contributed by atoms with E-state index < -0.39 is 10.0 Å². The van der Waals surface area contributed by atoms with Gasteiger partial charge in [-0.2, -0.15) is 0 Å². The molecule has 0 fully saturated rings. The molecule has 0 aliphatic rings. The first-order chi connectivity index (χ1) is 9.92. The van der Waals surface area contributed by atoms with Gasteiger partial charge in [-0.25, -0.2) is 23.1 Å². The molecule has 0 bridgehead atoms. The Bertz CT molecular complexity index is 705. The molecule has 0 atom stereocenters. The molecule has 2 rings (SSSR count). The molecule has 2 aromatic heterocycles. The van der Waals surface area contributed by atoms with Crippen molar-refractivity contribution >= 4 is 10.0 Å². The molecular weight excluding hydrogens is 292 g/mol. The molecule has 0 aromatic carbocycles. The molecule has 0 amide bonds. The van der Waals surface area contributed by atoms with Crippen LogP contribution in [0.1, 0.15) is 11.5 Å². The Hall–Kier alpha value is -1.93. The van der Waals surface area contributed by atoms with Gasteiger partial charge in [-0.05, 0) is 13.0 Å². The van der Waals surface area contributed by atoms with Crippen LogP contribution in [0, 0.1) is 6.92 Å². The molecule has 21 heavy (non-hydrogen) atoms. The summed E-state index contributed by atoms with van der Waals surface area (Å²) in [7, 11) is -0.297. The standard InChI is InChI=1S/C13H18N4O3S/c1-10-15-13(9-17(10)2)21(18,19)14-8-7-11-5-4-6-12(16-11)20-3/h4-6,9,14H,7-8H2,1-3H3. The van der Waals surface area contributed by atoms with Crippen LogP contribution < -0.4 is 9.46 Å². The Morgan fingerprint density at radius 1 is 1.33 bits per heavy atom. The zero-order valence-electron chi connectivity index (χ0n) is 12.2. The van der Waals surface area contributed by atoms with Crippen molar-refractivity contribution in [3.8, 4) is 5.88 Å². The Morgan fingerprint density at radius 2 is 2.10 bits per heavy atom. The fourth-order valence-corrected chi connectivity index (χ4v) is 2.82. The molecule has 1 N–H and O–H groups in total. The summed E-state index contributed by atoms with van der Waals surface area (Å²) in [5, 5.41) is 0.0288. The highest BCUT2D eigenvalue weighted by atomic mass is 32.2. The Labute approximate surface area is 124 Å². The van der Waals surface area contributed by atoms with Crippen molar-refractivity contribution in [2.75, 3.05) is 13.7 Å². The van der Waals surface area contributed by atoms with E-state index in [4.69, 9.17) is 4.74 Å². The van der Waals surface area contributed by atoms with Crippen LogP contribution in [0.4, 0.5) is 0 Å². The molecule has 8 heteroatoms. The topological polar surface area (TPSA) is 86.1 Å². The van der Waals surface area contributed by atoms with Crippen molar-refractivity contribution in [2.45, 2.75) is 18.4 Å². The number of sulfonamides is 1. The number of rotatable bonds is 6. The third-order valence-corrected chi connectivity index (χ3v) is 4.36. The SMILES string of the molecule is COc1cccc(CCNS(=O)(=O)c2cn(C)c(C)n2)n1. The highest BCUT2D eigenvalue weighted by Gasteiger charge is 2.17. The number of imidazole rings is 1. The van der Waals surface area contributed by atoms with Crippen LogP contribution in [0.5, 0.6) is 5.88 Å². The van der Waals surface area contributed by atoms with E-state index in [-0.39, 0.29) is 11.6 Å². The molecular formula is C13H18N4O3S. The fraction of sp³-hybridized carbons (Fsp3) is 0.385. The van der Waals surface area contributed by atoms with Gasteiger partial charge in [0.2, 0.25) is 5.88 Å². The van der Waals surface area contributed by atoms with Crippen LogP contribution >= 0.6 is 0 Å². The summed E-state index contributed by atoms with van der Waals surface area (Å²) in [6.45, 7) is 2.00. The molecule has 0 unspecified atom stereocenters. The van der Waals surface area contributed by atoms with Gasteiger partial charge in [0.1, 0.15) is 5.82 Å². The van der Waals surface area contributed by atoms with Crippen molar-refractivity contribution in [1.82, 2.24) is 19.3 Å². The van der Waals surface area contributed by atoms with Crippen molar-refractivity contribution < 1.29 is 13.2 Å². The number of nitrogens with zero attached hydrogens (tertiary/aromatic N) is 3. The minimum absolute atomic E-state index is 0.0288. The van der Waals surface area contributed by atoms with Crippen LogP contribution in [0.25, 0.3) is 0 Å². The second-order valence-electron chi connectivity index (χ2n) is 4.56. The fourth-order valence-electron chi connectivity index (χ4n) is 1.75. The van der Waals surface area contributed by atoms with Crippen molar-refractivity contribution in [3.05, 3.63) is 35.9 Å². The second kappa shape index (κ2) is 6.23. The molecule has 114 valence electrons. The van der Waals surface area contributed by atoms with E-state index in [0.29, 0.717) is 18.1 Å². The summed E-state index contributed by atoms with van der Waals surface area (Å²) in [5.74, 6) is 1.15. The summed E-state index contributed by atoms with van der Waals surface area (Å²) >= 11 is 0. The molecule has 7 nitrogen and oxygen atoms in total. The number of aromatic nitrogens is 3. The lowest BCUT2D eigenvalue weighted by atomic mass is 10.3. The van der Waals surface area contributed by atoms with E-state index in [1.807, 2.05) is 12.1 Å². The average Bonchev–Trinajstić information content (AvgIpc) is 2.80. The lowest BCUT2D eigenvalue weighted by Crippen LogP contribution is -2.26. The average molecular weight is 310 g/mol. The summed E-state index contributed by atoms with van der Waals surface area (Å²) < 4.78 is 33.4. The zero-order chi connectivity index (χ0) is 15.5. The Kier molecular flexibility index (Phi) is 4.59. The van der Waals surface area contributed by atoms with E-state index in [1.54, 1.807) is 24.6 Å². The van der Waals surface area contributed by atoms with Gasteiger partial charge in [-0.1, -0.05) is 6.07 Å². The minimum atomic E-state index is -3.59. The number of methoxy groups -OCH3 is 1. The summed E-state index contributed by atoms with van der Waals surface area (Å²) in [4.78, 5) is 8.24. The van der Waals surface area contributed by atoms with Crippen LogP contribution in [0.15, 0.2) is 29.4 Å². The summed E-state index contributed by atoms with van der Waals surface area (Å²) in [5.41, 5.74) is 0.759. The van der Waals surface area contributed by atoms with Gasteiger partial charge >= 0.3 is 0 Å². The van der Waals surface area contributed by atoms with Gasteiger partial charge in [0, 0.05) is 38.0 Å². The van der Waals surface area contributed by atoms with Gasteiger partial charge < -0.3 is 9.30 Å². The number of nitrogens with one attached hydrogen (secondary N) is 1. The first-order valence-corrected chi connectivity index (χ1v) is 7.90. The largest absolute Gasteiger partial charge is 0.481 e. The number of hydrogen-bond donors (Lipinski definition) is 1. The van der Waals surface area contributed by atoms with Gasteiger partial charge in [0.25, 0.3) is 10.0 Å². The van der Waals surface area contributed by atoms with Crippen molar-refractivity contribution in [3.63, 3.8) is 0 Å². The molecule has 0 radical (unpaired) electrons. The molecule has 2 heterocycles. The molecule has 0 aliphatic carbocycles. The minimum Gasteiger partial charge on any atom is -0.481 e. The predicted molar refractivity (Wildman–Crippen MR) is 77.6 cm³/mol. The van der Waals surface area contributed by atoms with Gasteiger partial charge in [-0.3, -0.25) is 0 Å². The maximum Gasteiger partial charge on any atom is 0.259 e. The maximum absolute atomic E-state index is 12.1. The lowest BCUT2D eigenvalue weighted by Gasteiger charge is -2.05. The van der Waals surface area contributed by atoms with Crippen LogP contribution in [-0.2, 0) is 23.5 Å². The van der Waals surface area contributed by atoms with E-state index in [2.05, 4.69) is 14.7 Å². The van der Waals surface area contributed by atoms with Crippen LogP contribution in [0.3, 0.4) is 0 Å². The molecule has 0 aliphatic heterocycles. The maximum atomic E-state index is 12.1. The predicted octanol–water partition coefficient (Wildman–Crippen LogP) is 0.653. The Balaban J connectivity index is 1.98. The number of aryl methyl sites for hydroxylation is 2. The highest BCUT2D eigenvalue weighted by molar-refractivity contribution is 7.89. The summed E-state index contributed by atoms with van der Waals surface area (Å²) in [6.07, 6.45) is 1.96. The second-order valence-corrected chi connectivity index (χ2v) is 6.27. The quantitative estimate of drug-likeness (QED) is 0.847. The van der Waals surface area contributed by atoms with Crippen LogP contribution in [0.2, 0.25) is 0 Å². The summed E-state index contributed by atoms with van der Waals surface area (Å²) in [6, 6.07) is 5.38. The number of ether oxygens (including phenoxy) is 1. The molecule has 0 spiro atoms. The van der Waals surface area contributed by atoms with Gasteiger partial charge in [-0.15, -0.1) is 0 Å². The third kappa shape index (κ3) is 3.79. The van der Waals surface area contributed by atoms with Crippen LogP contribution in [-0.4, -0.2) is 36.6 Å². The van der Waals surface area contributed by atoms with Gasteiger partial charge in [0.15, 0.2) is 5.03 Å². The van der Waals surface area contributed by atoms with Crippen molar-refractivity contribution in [1.29, 1.82) is 0 Å². The van der Waals surface area contributed by atoms with E-state index in [9.17, 15) is 8.42 Å². The monoisotopic (exact) mass is 310 g/mol. The van der Waals surface area contributed by atoms with Gasteiger partial charge in [0.05, 0.1) is 7.11 Å². The van der Waals surface area contributed by atoms with E-state index in [1.165, 1.54) is 13.3 Å². The normalized spacial score (nSPS) is 11.6.